The summed E-state index contributed by atoms with van der Waals surface area (Å²) < 4.78 is 157. The number of hydrogen-bond donors (Lipinski definition) is 1. The standard InChI is InChI=1S/C36H33F10N3O5.Na.H/c1-19(2)25-12-27(30(52-3)14-29(25)37)26-13-28(36(44,45)46)31(53-4)10-21(26)18-49(33-47-15-24(16-48-33)54-7-5-6-32(50)51)17-20-8-22(34(38,39)40)11-23(9-20)35(41,42)43;;/h8-16,19H,5-7,17-18H2,1-4H3,(H,50,51);;/q;+1;-1. The van der Waals surface area contributed by atoms with E-state index in [4.69, 9.17) is 19.3 Å². The largest absolute Gasteiger partial charge is 1.00 e. The molecule has 3 aromatic carbocycles. The molecule has 4 aromatic rings. The van der Waals surface area contributed by atoms with Gasteiger partial charge in [-0.05, 0) is 71.0 Å². The fourth-order valence-electron chi connectivity index (χ4n) is 5.48. The number of halogens is 10. The van der Waals surface area contributed by atoms with Gasteiger partial charge in [0, 0.05) is 31.1 Å². The molecule has 55 heavy (non-hydrogen) atoms. The summed E-state index contributed by atoms with van der Waals surface area (Å²) in [6.45, 7) is 1.96. The second kappa shape index (κ2) is 18.1. The van der Waals surface area contributed by atoms with Gasteiger partial charge in [-0.25, -0.2) is 14.4 Å². The molecule has 8 nitrogen and oxygen atoms in total. The van der Waals surface area contributed by atoms with Crippen molar-refractivity contribution in [3.8, 4) is 28.4 Å². The van der Waals surface area contributed by atoms with Gasteiger partial charge in [0.25, 0.3) is 0 Å². The number of ether oxygens (including phenoxy) is 3. The number of nitrogens with zero attached hydrogens (tertiary/aromatic N) is 3. The van der Waals surface area contributed by atoms with Crippen LogP contribution in [0.5, 0.6) is 17.2 Å². The summed E-state index contributed by atoms with van der Waals surface area (Å²) in [5, 5.41) is 8.84. The van der Waals surface area contributed by atoms with Crippen molar-refractivity contribution < 1.29 is 99.0 Å². The molecule has 0 bridgehead atoms. The Hall–Kier alpha value is -4.29. The fourth-order valence-corrected chi connectivity index (χ4v) is 5.48. The topological polar surface area (TPSA) is 94.0 Å². The number of aliphatic carboxylic acids is 1. The molecule has 0 saturated carbocycles. The van der Waals surface area contributed by atoms with Gasteiger partial charge in [-0.3, -0.25) is 4.79 Å². The van der Waals surface area contributed by atoms with E-state index >= 15 is 4.39 Å². The van der Waals surface area contributed by atoms with E-state index in [1.165, 1.54) is 13.2 Å². The summed E-state index contributed by atoms with van der Waals surface area (Å²) in [5.41, 5.74) is -5.03. The number of hydrogen-bond acceptors (Lipinski definition) is 7. The third kappa shape index (κ3) is 11.6. The predicted octanol–water partition coefficient (Wildman–Crippen LogP) is 7.05. The Kier molecular flexibility index (Phi) is 14.8. The second-order valence-corrected chi connectivity index (χ2v) is 12.3. The van der Waals surface area contributed by atoms with Gasteiger partial charge in [0.05, 0.1) is 49.9 Å². The van der Waals surface area contributed by atoms with Crippen LogP contribution in [0.3, 0.4) is 0 Å². The molecule has 0 aliphatic heterocycles. The first kappa shape index (κ1) is 45.1. The van der Waals surface area contributed by atoms with Crippen LogP contribution in [-0.4, -0.2) is 41.9 Å². The number of carboxylic acid groups (broad SMARTS) is 1. The van der Waals surface area contributed by atoms with Crippen LogP contribution in [0.25, 0.3) is 11.1 Å². The number of carbonyl (C=O) groups is 1. The van der Waals surface area contributed by atoms with Gasteiger partial charge in [-0.15, -0.1) is 0 Å². The summed E-state index contributed by atoms with van der Waals surface area (Å²) >= 11 is 0. The minimum atomic E-state index is -5.18. The van der Waals surface area contributed by atoms with E-state index in [0.29, 0.717) is 12.1 Å². The van der Waals surface area contributed by atoms with Gasteiger partial charge >= 0.3 is 54.1 Å². The number of rotatable bonds is 14. The number of methoxy groups -OCH3 is 2. The Morgan fingerprint density at radius 2 is 1.38 bits per heavy atom. The second-order valence-electron chi connectivity index (χ2n) is 12.3. The summed E-state index contributed by atoms with van der Waals surface area (Å²) in [6.07, 6.45) is -13.2. The number of aromatic nitrogens is 2. The molecule has 0 amide bonds. The van der Waals surface area contributed by atoms with E-state index < -0.39 is 77.3 Å². The molecule has 4 rings (SSSR count). The van der Waals surface area contributed by atoms with Crippen molar-refractivity contribution in [2.45, 2.75) is 64.2 Å². The quantitative estimate of drug-likeness (QED) is 0.0825. The zero-order chi connectivity index (χ0) is 40.2. The summed E-state index contributed by atoms with van der Waals surface area (Å²) in [6, 6.07) is 4.95. The molecular formula is C36H34F10N3NaO5. The Balaban J connectivity index is 0.00000541. The summed E-state index contributed by atoms with van der Waals surface area (Å²) in [4.78, 5) is 20.2. The molecule has 0 unspecified atom stereocenters. The van der Waals surface area contributed by atoms with Crippen molar-refractivity contribution in [2.24, 2.45) is 0 Å². The van der Waals surface area contributed by atoms with Gasteiger partial charge in [0.1, 0.15) is 17.3 Å². The molecule has 0 aliphatic carbocycles. The van der Waals surface area contributed by atoms with Crippen LogP contribution in [0.2, 0.25) is 0 Å². The maximum atomic E-state index is 15.0. The Morgan fingerprint density at radius 1 is 0.800 bits per heavy atom. The van der Waals surface area contributed by atoms with Crippen LogP contribution < -0.4 is 48.7 Å². The molecule has 1 heterocycles. The number of carboxylic acids is 1. The van der Waals surface area contributed by atoms with Crippen LogP contribution in [0.15, 0.2) is 54.9 Å². The Bertz CT molecular complexity index is 1930. The first-order valence-electron chi connectivity index (χ1n) is 16.0. The third-order valence-corrected chi connectivity index (χ3v) is 8.04. The van der Waals surface area contributed by atoms with Gasteiger partial charge in [-0.2, -0.15) is 39.5 Å². The Morgan fingerprint density at radius 3 is 1.87 bits per heavy atom. The zero-order valence-electron chi connectivity index (χ0n) is 31.0. The van der Waals surface area contributed by atoms with Crippen LogP contribution in [-0.2, 0) is 36.4 Å². The SMILES string of the molecule is COc1cc(F)c(C(C)C)cc1-c1cc(C(F)(F)F)c(OC)cc1CN(Cc1cc(C(F)(F)F)cc(C(F)(F)F)c1)c1ncc(OCCCC(=O)O)cn1.[H-].[Na+]. The number of anilines is 1. The molecule has 1 aromatic heterocycles. The molecular weight excluding hydrogens is 767 g/mol. The molecule has 0 atom stereocenters. The van der Waals surface area contributed by atoms with E-state index in [0.717, 1.165) is 42.6 Å². The fraction of sp³-hybridized carbons (Fsp3) is 0.361. The molecule has 1 N–H and O–H groups in total. The molecule has 0 radical (unpaired) electrons. The van der Waals surface area contributed by atoms with Gasteiger partial charge in [0.2, 0.25) is 5.95 Å². The van der Waals surface area contributed by atoms with Crippen LogP contribution in [0.4, 0.5) is 49.9 Å². The van der Waals surface area contributed by atoms with Crippen molar-refractivity contribution in [3.05, 3.63) is 94.1 Å². The predicted molar refractivity (Wildman–Crippen MR) is 176 cm³/mol. The van der Waals surface area contributed by atoms with E-state index in [-0.39, 0.29) is 96.2 Å². The Labute approximate surface area is 332 Å². The molecule has 0 aliphatic rings. The van der Waals surface area contributed by atoms with Gasteiger partial charge < -0.3 is 25.6 Å². The van der Waals surface area contributed by atoms with Crippen molar-refractivity contribution >= 4 is 11.9 Å². The van der Waals surface area contributed by atoms with Crippen molar-refractivity contribution in [3.63, 3.8) is 0 Å². The van der Waals surface area contributed by atoms with Crippen molar-refractivity contribution in [1.82, 2.24) is 9.97 Å². The van der Waals surface area contributed by atoms with Gasteiger partial charge in [0.15, 0.2) is 5.75 Å². The van der Waals surface area contributed by atoms with Crippen LogP contribution in [0, 0.1) is 5.82 Å². The first-order valence-corrected chi connectivity index (χ1v) is 16.0. The zero-order valence-corrected chi connectivity index (χ0v) is 32.0. The van der Waals surface area contributed by atoms with Crippen molar-refractivity contribution in [2.75, 3.05) is 25.7 Å². The maximum absolute atomic E-state index is 15.0. The molecule has 0 spiro atoms. The average molecular weight is 802 g/mol. The summed E-state index contributed by atoms with van der Waals surface area (Å²) in [7, 11) is 2.14. The molecule has 0 saturated heterocycles. The van der Waals surface area contributed by atoms with Crippen molar-refractivity contribution in [1.29, 1.82) is 0 Å². The molecule has 19 heteroatoms. The smallest absolute Gasteiger partial charge is 1.00 e. The third-order valence-electron chi connectivity index (χ3n) is 8.04. The van der Waals surface area contributed by atoms with E-state index in [1.807, 2.05) is 0 Å². The van der Waals surface area contributed by atoms with Crippen LogP contribution >= 0.6 is 0 Å². The minimum absolute atomic E-state index is 0. The molecule has 294 valence electrons. The minimum Gasteiger partial charge on any atom is -1.00 e. The van der Waals surface area contributed by atoms with Gasteiger partial charge in [-0.1, -0.05) is 13.8 Å². The maximum Gasteiger partial charge on any atom is 1.00 e. The average Bonchev–Trinajstić information content (AvgIpc) is 3.08. The normalized spacial score (nSPS) is 12.0. The number of alkyl halides is 9. The summed E-state index contributed by atoms with van der Waals surface area (Å²) in [5.74, 6) is -3.32. The first-order chi connectivity index (χ1) is 25.1. The number of benzene rings is 3. The van der Waals surface area contributed by atoms with E-state index in [2.05, 4.69) is 9.97 Å². The monoisotopic (exact) mass is 801 g/mol. The van der Waals surface area contributed by atoms with E-state index in [9.17, 15) is 44.3 Å². The molecule has 0 fully saturated rings. The van der Waals surface area contributed by atoms with E-state index in [1.54, 1.807) is 13.8 Å². The van der Waals surface area contributed by atoms with Crippen LogP contribution in [0.1, 0.15) is 67.4 Å².